The van der Waals surface area contributed by atoms with E-state index in [0.717, 1.165) is 12.8 Å². The van der Waals surface area contributed by atoms with Crippen LogP contribution in [0.2, 0.25) is 0 Å². The standard InChI is InChI=1S/C23H19FN4O2/c1-14(29)20-21(17-7-9-18(24)10-8-17)27-28(13-15-5-6-15)23(30)22(20)26-19-4-2-3-16(11-19)12-25/h2-4,7-11,15,26H,5-6,13H2,1H3. The fourth-order valence-electron chi connectivity index (χ4n) is 3.32. The van der Waals surface area contributed by atoms with Gasteiger partial charge in [0.15, 0.2) is 5.78 Å². The van der Waals surface area contributed by atoms with Gasteiger partial charge >= 0.3 is 0 Å². The Kier molecular flexibility index (Phi) is 5.15. The van der Waals surface area contributed by atoms with Crippen molar-refractivity contribution in [2.24, 2.45) is 5.92 Å². The molecular formula is C23H19FN4O2. The van der Waals surface area contributed by atoms with Crippen LogP contribution in [0.4, 0.5) is 15.8 Å². The van der Waals surface area contributed by atoms with Crippen molar-refractivity contribution in [1.29, 1.82) is 5.26 Å². The molecule has 0 bridgehead atoms. The molecule has 0 amide bonds. The molecule has 7 heteroatoms. The number of nitriles is 1. The average molecular weight is 402 g/mol. The van der Waals surface area contributed by atoms with E-state index in [4.69, 9.17) is 5.26 Å². The molecule has 1 heterocycles. The number of hydrogen-bond donors (Lipinski definition) is 1. The molecule has 1 fully saturated rings. The minimum absolute atomic E-state index is 0.104. The van der Waals surface area contributed by atoms with Crippen molar-refractivity contribution in [1.82, 2.24) is 9.78 Å². The Morgan fingerprint density at radius 3 is 2.63 bits per heavy atom. The second-order valence-corrected chi connectivity index (χ2v) is 7.41. The first-order valence-electron chi connectivity index (χ1n) is 9.65. The minimum Gasteiger partial charge on any atom is -0.350 e. The van der Waals surface area contributed by atoms with Crippen LogP contribution in [0.15, 0.2) is 53.3 Å². The van der Waals surface area contributed by atoms with Gasteiger partial charge in [-0.25, -0.2) is 9.07 Å². The van der Waals surface area contributed by atoms with Gasteiger partial charge in [-0.05, 0) is 68.1 Å². The van der Waals surface area contributed by atoms with E-state index < -0.39 is 11.4 Å². The predicted molar refractivity (Wildman–Crippen MR) is 111 cm³/mol. The molecular weight excluding hydrogens is 383 g/mol. The monoisotopic (exact) mass is 402 g/mol. The second kappa shape index (κ2) is 7.91. The summed E-state index contributed by atoms with van der Waals surface area (Å²) in [6.45, 7) is 1.82. The average Bonchev–Trinajstić information content (AvgIpc) is 3.55. The Labute approximate surface area is 172 Å². The fraction of sp³-hybridized carbons (Fsp3) is 0.217. The third kappa shape index (κ3) is 3.98. The van der Waals surface area contributed by atoms with E-state index in [1.807, 2.05) is 0 Å². The van der Waals surface area contributed by atoms with Crippen molar-refractivity contribution in [3.05, 3.63) is 75.8 Å². The van der Waals surface area contributed by atoms with Crippen LogP contribution in [0.5, 0.6) is 0 Å². The van der Waals surface area contributed by atoms with Crippen LogP contribution in [-0.2, 0) is 6.54 Å². The van der Waals surface area contributed by atoms with Crippen LogP contribution in [0.1, 0.15) is 35.7 Å². The molecule has 0 atom stereocenters. The van der Waals surface area contributed by atoms with Gasteiger partial charge in [-0.15, -0.1) is 0 Å². The molecule has 0 saturated heterocycles. The summed E-state index contributed by atoms with van der Waals surface area (Å²) >= 11 is 0. The smallest absolute Gasteiger partial charge is 0.291 e. The first-order chi connectivity index (χ1) is 14.5. The van der Waals surface area contributed by atoms with E-state index in [1.54, 1.807) is 24.3 Å². The number of anilines is 2. The maximum Gasteiger partial charge on any atom is 0.291 e. The molecule has 2 aromatic carbocycles. The van der Waals surface area contributed by atoms with Crippen LogP contribution >= 0.6 is 0 Å². The molecule has 1 N–H and O–H groups in total. The number of carbonyl (C=O) groups excluding carboxylic acids is 1. The summed E-state index contributed by atoms with van der Waals surface area (Å²) in [5.41, 5.74) is 1.65. The second-order valence-electron chi connectivity index (χ2n) is 7.41. The van der Waals surface area contributed by atoms with Crippen LogP contribution in [0, 0.1) is 23.1 Å². The molecule has 1 aliphatic carbocycles. The molecule has 3 aromatic rings. The predicted octanol–water partition coefficient (Wildman–Crippen LogP) is 4.28. The summed E-state index contributed by atoms with van der Waals surface area (Å²) in [6.07, 6.45) is 2.06. The van der Waals surface area contributed by atoms with Crippen molar-refractivity contribution in [2.75, 3.05) is 5.32 Å². The molecule has 0 aliphatic heterocycles. The Morgan fingerprint density at radius 2 is 2.00 bits per heavy atom. The van der Waals surface area contributed by atoms with Crippen molar-refractivity contribution in [2.45, 2.75) is 26.3 Å². The van der Waals surface area contributed by atoms with Gasteiger partial charge in [0, 0.05) is 17.8 Å². The van der Waals surface area contributed by atoms with Gasteiger partial charge in [-0.1, -0.05) is 6.07 Å². The highest BCUT2D eigenvalue weighted by Crippen LogP contribution is 2.32. The van der Waals surface area contributed by atoms with Crippen LogP contribution in [0.3, 0.4) is 0 Å². The summed E-state index contributed by atoms with van der Waals surface area (Å²) in [7, 11) is 0. The number of nitrogens with one attached hydrogen (secondary N) is 1. The Hall–Kier alpha value is -3.79. The largest absolute Gasteiger partial charge is 0.350 e. The normalized spacial score (nSPS) is 13.0. The maximum atomic E-state index is 13.4. The number of halogens is 1. The van der Waals surface area contributed by atoms with Gasteiger partial charge in [-0.2, -0.15) is 10.4 Å². The third-order valence-electron chi connectivity index (χ3n) is 5.01. The van der Waals surface area contributed by atoms with Crippen molar-refractivity contribution in [3.8, 4) is 17.3 Å². The van der Waals surface area contributed by atoms with E-state index in [9.17, 15) is 14.0 Å². The Balaban J connectivity index is 1.92. The number of carbonyl (C=O) groups is 1. The molecule has 1 aromatic heterocycles. The fourth-order valence-corrected chi connectivity index (χ4v) is 3.32. The van der Waals surface area contributed by atoms with E-state index in [2.05, 4.69) is 16.5 Å². The van der Waals surface area contributed by atoms with E-state index >= 15 is 0 Å². The zero-order chi connectivity index (χ0) is 21.3. The summed E-state index contributed by atoms with van der Waals surface area (Å²) < 4.78 is 14.8. The number of ketones is 1. The molecule has 150 valence electrons. The summed E-state index contributed by atoms with van der Waals surface area (Å²) in [6, 6.07) is 14.4. The zero-order valence-electron chi connectivity index (χ0n) is 16.4. The van der Waals surface area contributed by atoms with Crippen LogP contribution in [-0.4, -0.2) is 15.6 Å². The lowest BCUT2D eigenvalue weighted by Gasteiger charge is -2.17. The highest BCUT2D eigenvalue weighted by molar-refractivity contribution is 6.05. The quantitative estimate of drug-likeness (QED) is 0.622. The van der Waals surface area contributed by atoms with Crippen molar-refractivity contribution >= 4 is 17.2 Å². The van der Waals surface area contributed by atoms with Crippen LogP contribution in [0.25, 0.3) is 11.3 Å². The number of hydrogen-bond acceptors (Lipinski definition) is 5. The van der Waals surface area contributed by atoms with Gasteiger partial charge in [0.25, 0.3) is 5.56 Å². The molecule has 0 unspecified atom stereocenters. The highest BCUT2D eigenvalue weighted by Gasteiger charge is 2.27. The third-order valence-corrected chi connectivity index (χ3v) is 5.01. The minimum atomic E-state index is -0.402. The number of benzene rings is 2. The summed E-state index contributed by atoms with van der Waals surface area (Å²) in [5, 5.41) is 16.7. The molecule has 1 saturated carbocycles. The molecule has 0 radical (unpaired) electrons. The topological polar surface area (TPSA) is 87.8 Å². The maximum absolute atomic E-state index is 13.4. The first kappa shape index (κ1) is 19.5. The SMILES string of the molecule is CC(=O)c1c(-c2ccc(F)cc2)nn(CC2CC2)c(=O)c1Nc1cccc(C#N)c1. The van der Waals surface area contributed by atoms with Gasteiger partial charge in [0.2, 0.25) is 0 Å². The van der Waals surface area contributed by atoms with E-state index in [0.29, 0.717) is 35.0 Å². The Morgan fingerprint density at radius 1 is 1.27 bits per heavy atom. The van der Waals surface area contributed by atoms with E-state index in [1.165, 1.54) is 35.9 Å². The lowest BCUT2D eigenvalue weighted by atomic mass is 10.0. The molecule has 4 rings (SSSR count). The lowest BCUT2D eigenvalue weighted by molar-refractivity contribution is 0.101. The Bertz CT molecular complexity index is 1220. The molecule has 0 spiro atoms. The van der Waals surface area contributed by atoms with Crippen LogP contribution < -0.4 is 10.9 Å². The zero-order valence-corrected chi connectivity index (χ0v) is 16.4. The number of Topliss-reactive ketones (excluding diaryl/α,β-unsaturated/α-hetero) is 1. The summed E-state index contributed by atoms with van der Waals surface area (Å²) in [4.78, 5) is 25.8. The first-order valence-corrected chi connectivity index (χ1v) is 9.65. The van der Waals surface area contributed by atoms with E-state index in [-0.39, 0.29) is 17.0 Å². The molecule has 6 nitrogen and oxygen atoms in total. The van der Waals surface area contributed by atoms with Crippen molar-refractivity contribution < 1.29 is 9.18 Å². The van der Waals surface area contributed by atoms with Crippen molar-refractivity contribution in [3.63, 3.8) is 0 Å². The molecule has 30 heavy (non-hydrogen) atoms. The lowest BCUT2D eigenvalue weighted by Crippen LogP contribution is -2.29. The number of aromatic nitrogens is 2. The van der Waals surface area contributed by atoms with Gasteiger partial charge in [-0.3, -0.25) is 9.59 Å². The molecule has 1 aliphatic rings. The van der Waals surface area contributed by atoms with Gasteiger partial charge in [0.05, 0.1) is 17.2 Å². The van der Waals surface area contributed by atoms with Gasteiger partial charge in [0.1, 0.15) is 17.2 Å². The summed E-state index contributed by atoms with van der Waals surface area (Å²) in [5.74, 6) is -0.355. The van der Waals surface area contributed by atoms with Gasteiger partial charge < -0.3 is 5.32 Å². The highest BCUT2D eigenvalue weighted by atomic mass is 19.1. The number of nitrogens with zero attached hydrogens (tertiary/aromatic N) is 3. The number of rotatable bonds is 6.